The first-order valence-corrected chi connectivity index (χ1v) is 12.2. The van der Waals surface area contributed by atoms with E-state index in [0.717, 1.165) is 25.3 Å². The van der Waals surface area contributed by atoms with Crippen molar-refractivity contribution in [3.05, 3.63) is 0 Å². The lowest BCUT2D eigenvalue weighted by atomic mass is 10.0. The maximum Gasteiger partial charge on any atom is 0.125 e. The monoisotopic (exact) mass is 380 g/mol. The van der Waals surface area contributed by atoms with Gasteiger partial charge in [0.15, 0.2) is 0 Å². The number of nitrogens with zero attached hydrogens (tertiary/aromatic N) is 2. The Morgan fingerprint density at radius 2 is 1.15 bits per heavy atom. The number of hydrogen-bond acceptors (Lipinski definition) is 3. The molecule has 1 aliphatic heterocycles. The Hall–Kier alpha value is -0.570. The third kappa shape index (κ3) is 13.3. The highest BCUT2D eigenvalue weighted by Gasteiger charge is 2.19. The zero-order chi connectivity index (χ0) is 19.6. The molecule has 0 aromatic carbocycles. The minimum Gasteiger partial charge on any atom is -0.374 e. The third-order valence-corrected chi connectivity index (χ3v) is 5.92. The Morgan fingerprint density at radius 3 is 1.56 bits per heavy atom. The Bertz CT molecular complexity index is 354. The van der Waals surface area contributed by atoms with Crippen molar-refractivity contribution in [3.8, 4) is 0 Å². The van der Waals surface area contributed by atoms with E-state index >= 15 is 0 Å². The van der Waals surface area contributed by atoms with Crippen LogP contribution in [-0.2, 0) is 0 Å². The second-order valence-electron chi connectivity index (χ2n) is 8.53. The van der Waals surface area contributed by atoms with Crippen molar-refractivity contribution in [2.75, 3.05) is 13.1 Å². The summed E-state index contributed by atoms with van der Waals surface area (Å²) in [5, 5.41) is 9.71. The second-order valence-corrected chi connectivity index (χ2v) is 8.53. The van der Waals surface area contributed by atoms with Crippen LogP contribution in [0.2, 0.25) is 0 Å². The van der Waals surface area contributed by atoms with Crippen LogP contribution in [0.4, 0.5) is 0 Å². The van der Waals surface area contributed by atoms with E-state index in [1.165, 1.54) is 109 Å². The summed E-state index contributed by atoms with van der Waals surface area (Å²) >= 11 is 0. The second kappa shape index (κ2) is 17.5. The predicted molar refractivity (Wildman–Crippen MR) is 119 cm³/mol. The molecule has 0 fully saturated rings. The number of aliphatic hydroxyl groups excluding tert-OH is 1. The van der Waals surface area contributed by atoms with Gasteiger partial charge in [0.2, 0.25) is 0 Å². The summed E-state index contributed by atoms with van der Waals surface area (Å²) in [4.78, 5) is 6.58. The van der Waals surface area contributed by atoms with Crippen LogP contribution < -0.4 is 0 Å². The van der Waals surface area contributed by atoms with Crippen LogP contribution >= 0.6 is 0 Å². The zero-order valence-corrected chi connectivity index (χ0v) is 18.6. The molecule has 1 aliphatic rings. The van der Waals surface area contributed by atoms with E-state index in [-0.39, 0.29) is 6.23 Å². The van der Waals surface area contributed by atoms with E-state index in [9.17, 15) is 5.11 Å². The molecule has 160 valence electrons. The predicted octanol–water partition coefficient (Wildman–Crippen LogP) is 7.08. The Morgan fingerprint density at radius 1 is 0.741 bits per heavy atom. The van der Waals surface area contributed by atoms with Gasteiger partial charge in [-0.1, -0.05) is 110 Å². The van der Waals surface area contributed by atoms with Crippen LogP contribution in [0.15, 0.2) is 4.99 Å². The van der Waals surface area contributed by atoms with E-state index < -0.39 is 0 Å². The highest BCUT2D eigenvalue weighted by atomic mass is 16.3. The molecular formula is C24H48N2O. The van der Waals surface area contributed by atoms with Crippen LogP contribution in [0.3, 0.4) is 0 Å². The van der Waals surface area contributed by atoms with Crippen molar-refractivity contribution in [2.24, 2.45) is 4.99 Å². The summed E-state index contributed by atoms with van der Waals surface area (Å²) in [5.41, 5.74) is 0. The van der Waals surface area contributed by atoms with Crippen molar-refractivity contribution < 1.29 is 5.11 Å². The van der Waals surface area contributed by atoms with Crippen LogP contribution in [0, 0.1) is 0 Å². The molecule has 1 rings (SSSR count). The number of aliphatic imine (C=N–C) groups is 1. The quantitative estimate of drug-likeness (QED) is 0.243. The average Bonchev–Trinajstić information content (AvgIpc) is 3.13. The Balaban J connectivity index is 1.75. The van der Waals surface area contributed by atoms with Crippen molar-refractivity contribution in [2.45, 2.75) is 136 Å². The van der Waals surface area contributed by atoms with Gasteiger partial charge in [-0.15, -0.1) is 0 Å². The highest BCUT2D eigenvalue weighted by Crippen LogP contribution is 2.16. The van der Waals surface area contributed by atoms with Gasteiger partial charge in [-0.25, -0.2) is 0 Å². The van der Waals surface area contributed by atoms with Gasteiger partial charge >= 0.3 is 0 Å². The van der Waals surface area contributed by atoms with Gasteiger partial charge in [-0.3, -0.25) is 4.99 Å². The molecular weight excluding hydrogens is 332 g/mol. The third-order valence-electron chi connectivity index (χ3n) is 5.92. The first kappa shape index (κ1) is 24.5. The van der Waals surface area contributed by atoms with Crippen molar-refractivity contribution in [3.63, 3.8) is 0 Å². The molecule has 1 heterocycles. The van der Waals surface area contributed by atoms with Gasteiger partial charge in [0.25, 0.3) is 0 Å². The smallest absolute Gasteiger partial charge is 0.125 e. The van der Waals surface area contributed by atoms with Gasteiger partial charge in [0.05, 0.1) is 6.54 Å². The average molecular weight is 381 g/mol. The molecule has 0 radical (unpaired) electrons. The molecule has 1 atom stereocenters. The summed E-state index contributed by atoms with van der Waals surface area (Å²) in [6.07, 6.45) is 24.7. The van der Waals surface area contributed by atoms with Gasteiger partial charge in [-0.2, -0.15) is 0 Å². The normalized spacial score (nSPS) is 15.4. The van der Waals surface area contributed by atoms with Crippen LogP contribution in [-0.4, -0.2) is 35.2 Å². The fourth-order valence-electron chi connectivity index (χ4n) is 4.14. The molecule has 3 nitrogen and oxygen atoms in total. The number of hydrogen-bond donors (Lipinski definition) is 1. The topological polar surface area (TPSA) is 35.8 Å². The number of amidine groups is 1. The van der Waals surface area contributed by atoms with E-state index in [1.807, 2.05) is 11.8 Å². The van der Waals surface area contributed by atoms with Gasteiger partial charge in [-0.05, 0) is 13.3 Å². The van der Waals surface area contributed by atoms with E-state index in [2.05, 4.69) is 11.9 Å². The fraction of sp³-hybridized carbons (Fsp3) is 0.958. The van der Waals surface area contributed by atoms with E-state index in [4.69, 9.17) is 0 Å². The van der Waals surface area contributed by atoms with E-state index in [0.29, 0.717) is 0 Å². The number of rotatable bonds is 19. The van der Waals surface area contributed by atoms with Crippen molar-refractivity contribution >= 4 is 5.84 Å². The van der Waals surface area contributed by atoms with Crippen molar-refractivity contribution in [1.82, 2.24) is 4.90 Å². The van der Waals surface area contributed by atoms with E-state index in [1.54, 1.807) is 0 Å². The Labute approximate surface area is 170 Å². The largest absolute Gasteiger partial charge is 0.374 e. The molecule has 3 heteroatoms. The summed E-state index contributed by atoms with van der Waals surface area (Å²) in [7, 11) is 0. The zero-order valence-electron chi connectivity index (χ0n) is 18.6. The minimum atomic E-state index is -0.378. The SMILES string of the molecule is CCCCCCCCCCCCCCCCCCCC1=NCCN1C(C)O. The molecule has 0 bridgehead atoms. The molecule has 0 spiro atoms. The number of unbranched alkanes of at least 4 members (excludes halogenated alkanes) is 16. The molecule has 0 aliphatic carbocycles. The first-order valence-electron chi connectivity index (χ1n) is 12.2. The molecule has 0 aromatic rings. The van der Waals surface area contributed by atoms with Crippen LogP contribution in [0.1, 0.15) is 129 Å². The lowest BCUT2D eigenvalue weighted by Crippen LogP contribution is -2.35. The number of aliphatic hydroxyl groups is 1. The molecule has 1 unspecified atom stereocenters. The van der Waals surface area contributed by atoms with Crippen LogP contribution in [0.5, 0.6) is 0 Å². The van der Waals surface area contributed by atoms with Gasteiger partial charge in [0.1, 0.15) is 12.1 Å². The fourth-order valence-corrected chi connectivity index (χ4v) is 4.14. The Kier molecular flexibility index (Phi) is 15.9. The summed E-state index contributed by atoms with van der Waals surface area (Å²) in [6.45, 7) is 5.89. The molecule has 0 amide bonds. The maximum atomic E-state index is 9.71. The molecule has 1 N–H and O–H groups in total. The highest BCUT2D eigenvalue weighted by molar-refractivity contribution is 5.83. The van der Waals surface area contributed by atoms with Gasteiger partial charge in [0, 0.05) is 13.0 Å². The summed E-state index contributed by atoms with van der Waals surface area (Å²) in [6, 6.07) is 0. The van der Waals surface area contributed by atoms with Crippen LogP contribution in [0.25, 0.3) is 0 Å². The first-order chi connectivity index (χ1) is 13.3. The molecule has 0 aromatic heterocycles. The molecule has 0 saturated heterocycles. The standard InChI is InChI=1S/C24H48N2O/c1-3-4-5-6-7-8-9-10-11-12-13-14-15-16-17-18-19-20-24-25-21-22-26(24)23(2)27/h23,27H,3-22H2,1-2H3. The lowest BCUT2D eigenvalue weighted by Gasteiger charge is -2.23. The molecule has 27 heavy (non-hydrogen) atoms. The summed E-state index contributed by atoms with van der Waals surface area (Å²) < 4.78 is 0. The minimum absolute atomic E-state index is 0.378. The summed E-state index contributed by atoms with van der Waals surface area (Å²) in [5.74, 6) is 1.13. The van der Waals surface area contributed by atoms with Crippen molar-refractivity contribution in [1.29, 1.82) is 0 Å². The maximum absolute atomic E-state index is 9.71. The molecule has 0 saturated carbocycles. The lowest BCUT2D eigenvalue weighted by molar-refractivity contribution is 0.0766. The van der Waals surface area contributed by atoms with Gasteiger partial charge < -0.3 is 10.0 Å².